The van der Waals surface area contributed by atoms with Crippen LogP contribution >= 0.6 is 0 Å². The van der Waals surface area contributed by atoms with Crippen molar-refractivity contribution in [1.82, 2.24) is 4.72 Å². The quantitative estimate of drug-likeness (QED) is 0.746. The van der Waals surface area contributed by atoms with E-state index in [1.165, 1.54) is 49.6 Å². The summed E-state index contributed by atoms with van der Waals surface area (Å²) in [5.74, 6) is -0.964. The highest BCUT2D eigenvalue weighted by molar-refractivity contribution is 7.89. The van der Waals surface area contributed by atoms with Crippen molar-refractivity contribution in [2.45, 2.75) is 31.4 Å². The summed E-state index contributed by atoms with van der Waals surface area (Å²) in [6.07, 6.45) is 0. The lowest BCUT2D eigenvalue weighted by atomic mass is 10.2. The van der Waals surface area contributed by atoms with Crippen molar-refractivity contribution < 1.29 is 27.1 Å². The lowest BCUT2D eigenvalue weighted by Gasteiger charge is -2.14. The molecule has 0 unspecified atom stereocenters. The second kappa shape index (κ2) is 8.29. The van der Waals surface area contributed by atoms with Crippen LogP contribution in [0.25, 0.3) is 0 Å². The third-order valence-electron chi connectivity index (χ3n) is 3.36. The second-order valence-electron chi connectivity index (χ2n) is 5.84. The number of ether oxygens (including phenoxy) is 2. The number of hydrogen-bond acceptors (Lipinski definition) is 5. The van der Waals surface area contributed by atoms with Crippen LogP contribution in [-0.2, 0) is 21.4 Å². The third kappa shape index (κ3) is 5.03. The third-order valence-corrected chi connectivity index (χ3v) is 5.04. The van der Waals surface area contributed by atoms with Gasteiger partial charge in [-0.3, -0.25) is 0 Å². The van der Waals surface area contributed by atoms with Crippen LogP contribution < -0.4 is 9.46 Å². The fraction of sp³-hybridized carbons (Fsp3) is 0.278. The normalized spacial score (nSPS) is 11.4. The zero-order chi connectivity index (χ0) is 19.3. The molecule has 0 heterocycles. The van der Waals surface area contributed by atoms with Crippen molar-refractivity contribution in [3.63, 3.8) is 0 Å². The number of hydrogen-bond donors (Lipinski definition) is 1. The van der Waals surface area contributed by atoms with E-state index in [2.05, 4.69) is 4.72 Å². The molecule has 0 spiro atoms. The van der Waals surface area contributed by atoms with Crippen molar-refractivity contribution in [2.75, 3.05) is 7.11 Å². The lowest BCUT2D eigenvalue weighted by Crippen LogP contribution is -2.30. The Kier molecular flexibility index (Phi) is 6.33. The van der Waals surface area contributed by atoms with Gasteiger partial charge in [0.15, 0.2) is 0 Å². The van der Waals surface area contributed by atoms with E-state index in [1.54, 1.807) is 13.8 Å². The number of methoxy groups -OCH3 is 1. The summed E-state index contributed by atoms with van der Waals surface area (Å²) in [4.78, 5) is 12.1. The summed E-state index contributed by atoms with van der Waals surface area (Å²) in [6.45, 7) is 3.31. The summed E-state index contributed by atoms with van der Waals surface area (Å²) in [6, 6.07) is 9.22. The first-order valence-electron chi connectivity index (χ1n) is 7.85. The van der Waals surface area contributed by atoms with Crippen LogP contribution in [-0.4, -0.2) is 27.5 Å². The molecule has 0 amide bonds. The van der Waals surface area contributed by atoms with E-state index < -0.39 is 16.0 Å². The summed E-state index contributed by atoms with van der Waals surface area (Å²) in [5.41, 5.74) is 0.680. The molecule has 0 fully saturated rings. The van der Waals surface area contributed by atoms with Crippen LogP contribution in [0, 0.1) is 5.82 Å². The topological polar surface area (TPSA) is 81.7 Å². The minimum absolute atomic E-state index is 0.0581. The Labute approximate surface area is 152 Å². The number of esters is 1. The molecule has 1 N–H and O–H groups in total. The monoisotopic (exact) mass is 381 g/mol. The molecule has 2 aromatic carbocycles. The average Bonchev–Trinajstić information content (AvgIpc) is 2.59. The van der Waals surface area contributed by atoms with E-state index in [4.69, 9.17) is 9.47 Å². The molecular weight excluding hydrogens is 361 g/mol. The number of sulfonamides is 1. The Morgan fingerprint density at radius 2 is 1.81 bits per heavy atom. The Hall–Kier alpha value is -2.45. The van der Waals surface area contributed by atoms with E-state index in [-0.39, 0.29) is 34.7 Å². The predicted octanol–water partition coefficient (Wildman–Crippen LogP) is 2.88. The minimum Gasteiger partial charge on any atom is -0.495 e. The number of rotatable bonds is 7. The zero-order valence-corrected chi connectivity index (χ0v) is 15.5. The van der Waals surface area contributed by atoms with Gasteiger partial charge < -0.3 is 9.47 Å². The number of carbonyl (C=O) groups excluding carboxylic acids is 1. The number of carbonyl (C=O) groups is 1. The number of nitrogens with one attached hydrogen (secondary N) is 1. The van der Waals surface area contributed by atoms with Gasteiger partial charge in [-0.15, -0.1) is 0 Å². The molecule has 0 aliphatic carbocycles. The van der Waals surface area contributed by atoms with Gasteiger partial charge in [0, 0.05) is 6.04 Å². The molecule has 8 heteroatoms. The van der Waals surface area contributed by atoms with Crippen LogP contribution in [0.15, 0.2) is 47.4 Å². The summed E-state index contributed by atoms with van der Waals surface area (Å²) in [7, 11) is -2.51. The second-order valence-corrected chi connectivity index (χ2v) is 7.53. The number of benzene rings is 2. The molecule has 0 saturated heterocycles. The van der Waals surface area contributed by atoms with Crippen LogP contribution in [0.4, 0.5) is 4.39 Å². The predicted molar refractivity (Wildman–Crippen MR) is 94.0 cm³/mol. The fourth-order valence-electron chi connectivity index (χ4n) is 2.20. The molecule has 0 aromatic heterocycles. The van der Waals surface area contributed by atoms with E-state index in [0.29, 0.717) is 5.56 Å². The fourth-order valence-corrected chi connectivity index (χ4v) is 3.65. The van der Waals surface area contributed by atoms with Crippen molar-refractivity contribution in [1.29, 1.82) is 0 Å². The van der Waals surface area contributed by atoms with E-state index >= 15 is 0 Å². The molecule has 0 radical (unpaired) electrons. The highest BCUT2D eigenvalue weighted by Crippen LogP contribution is 2.25. The Morgan fingerprint density at radius 1 is 1.15 bits per heavy atom. The van der Waals surface area contributed by atoms with Gasteiger partial charge in [-0.05, 0) is 49.7 Å². The zero-order valence-electron chi connectivity index (χ0n) is 14.7. The standard InChI is InChI=1S/C18H20FNO5S/c1-12(2)20-26(22,23)17-10-14(6-9-16(17)24-3)18(21)25-11-13-4-7-15(19)8-5-13/h4-10,12,20H,11H2,1-3H3. The minimum atomic E-state index is -3.85. The Balaban J connectivity index is 2.22. The van der Waals surface area contributed by atoms with Crippen molar-refractivity contribution in [3.8, 4) is 5.75 Å². The highest BCUT2D eigenvalue weighted by Gasteiger charge is 2.23. The molecular formula is C18H20FNO5S. The molecule has 0 atom stereocenters. The van der Waals surface area contributed by atoms with Crippen LogP contribution in [0.2, 0.25) is 0 Å². The summed E-state index contributed by atoms with van der Waals surface area (Å²) < 4.78 is 50.4. The largest absolute Gasteiger partial charge is 0.495 e. The molecule has 0 saturated carbocycles. The van der Waals surface area contributed by atoms with Gasteiger partial charge in [-0.2, -0.15) is 0 Å². The van der Waals surface area contributed by atoms with Gasteiger partial charge in [-0.1, -0.05) is 12.1 Å². The van der Waals surface area contributed by atoms with Gasteiger partial charge in [0.2, 0.25) is 10.0 Å². The first-order valence-corrected chi connectivity index (χ1v) is 9.33. The smallest absolute Gasteiger partial charge is 0.338 e. The molecule has 140 valence electrons. The highest BCUT2D eigenvalue weighted by atomic mass is 32.2. The summed E-state index contributed by atoms with van der Waals surface area (Å²) >= 11 is 0. The Bertz CT molecular complexity index is 879. The molecule has 0 bridgehead atoms. The molecule has 6 nitrogen and oxygen atoms in total. The van der Waals surface area contributed by atoms with Crippen LogP contribution in [0.3, 0.4) is 0 Å². The van der Waals surface area contributed by atoms with E-state index in [9.17, 15) is 17.6 Å². The molecule has 2 rings (SSSR count). The maximum absolute atomic E-state index is 12.9. The van der Waals surface area contributed by atoms with Gasteiger partial charge in [-0.25, -0.2) is 22.3 Å². The summed E-state index contributed by atoms with van der Waals surface area (Å²) in [5, 5.41) is 0. The lowest BCUT2D eigenvalue weighted by molar-refractivity contribution is 0.0472. The van der Waals surface area contributed by atoms with Crippen molar-refractivity contribution >= 4 is 16.0 Å². The van der Waals surface area contributed by atoms with Crippen LogP contribution in [0.1, 0.15) is 29.8 Å². The SMILES string of the molecule is COc1ccc(C(=O)OCc2ccc(F)cc2)cc1S(=O)(=O)NC(C)C. The molecule has 2 aromatic rings. The molecule has 0 aliphatic rings. The van der Waals surface area contributed by atoms with Crippen LogP contribution in [0.5, 0.6) is 5.75 Å². The van der Waals surface area contributed by atoms with Gasteiger partial charge in [0.1, 0.15) is 23.1 Å². The maximum atomic E-state index is 12.9. The maximum Gasteiger partial charge on any atom is 0.338 e. The van der Waals surface area contributed by atoms with Gasteiger partial charge in [0.05, 0.1) is 12.7 Å². The van der Waals surface area contributed by atoms with Crippen molar-refractivity contribution in [2.24, 2.45) is 0 Å². The molecule has 0 aliphatic heterocycles. The first kappa shape index (κ1) is 19.9. The van der Waals surface area contributed by atoms with Crippen molar-refractivity contribution in [3.05, 3.63) is 59.4 Å². The van der Waals surface area contributed by atoms with Gasteiger partial charge in [0.25, 0.3) is 0 Å². The first-order chi connectivity index (χ1) is 12.2. The average molecular weight is 381 g/mol. The molecule has 26 heavy (non-hydrogen) atoms. The number of halogens is 1. The van der Waals surface area contributed by atoms with E-state index in [0.717, 1.165) is 0 Å². The van der Waals surface area contributed by atoms with E-state index in [1.807, 2.05) is 0 Å². The Morgan fingerprint density at radius 3 is 2.38 bits per heavy atom. The van der Waals surface area contributed by atoms with Gasteiger partial charge >= 0.3 is 5.97 Å².